The molecule has 0 unspecified atom stereocenters. The van der Waals surface area contributed by atoms with Crippen LogP contribution in [0.25, 0.3) is 88.6 Å². The lowest BCUT2D eigenvalue weighted by atomic mass is 10.0. The van der Waals surface area contributed by atoms with Crippen LogP contribution < -0.4 is 0 Å². The molecule has 270 valence electrons. The van der Waals surface area contributed by atoms with Crippen LogP contribution in [-0.4, -0.2) is 19.1 Å². The first-order valence-corrected chi connectivity index (χ1v) is 18.9. The molecular formula is C51H31N7. The number of para-hydroxylation sites is 2. The van der Waals surface area contributed by atoms with Crippen molar-refractivity contribution in [3.05, 3.63) is 180 Å². The van der Waals surface area contributed by atoms with Crippen LogP contribution in [0.15, 0.2) is 152 Å². The van der Waals surface area contributed by atoms with E-state index in [4.69, 9.17) is 9.97 Å². The number of nitrogens with zero attached hydrogens (tertiary/aromatic N) is 7. The van der Waals surface area contributed by atoms with Gasteiger partial charge in [-0.05, 0) is 103 Å². The zero-order valence-corrected chi connectivity index (χ0v) is 31.6. The normalized spacial score (nSPS) is 11.2. The molecule has 10 rings (SSSR count). The number of nitriles is 3. The standard InChI is InChI=1S/C51H31N7/c1-31-23-32(2)56-51(55-31)39-26-49(57-45-9-5-3-7-40(45)42-21-19-37(24-47(42)57)35-15-11-33(28-52)12-16-35)44(30-54)50(27-39)58-46-10-6-4-8-41(46)43-22-20-38(25-48(43)58)36-17-13-34(29-53)14-18-36/h3-27H,1-2H3. The Balaban J connectivity index is 1.32. The fraction of sp³-hybridized carbons (Fsp3) is 0.0392. The molecule has 0 atom stereocenters. The van der Waals surface area contributed by atoms with Gasteiger partial charge in [-0.25, -0.2) is 9.97 Å². The topological polar surface area (TPSA) is 107 Å². The van der Waals surface area contributed by atoms with Crippen LogP contribution in [0.2, 0.25) is 0 Å². The maximum Gasteiger partial charge on any atom is 0.159 e. The van der Waals surface area contributed by atoms with Gasteiger partial charge in [0.15, 0.2) is 5.82 Å². The molecule has 0 spiro atoms. The Morgan fingerprint density at radius 1 is 0.397 bits per heavy atom. The van der Waals surface area contributed by atoms with Crippen LogP contribution in [-0.2, 0) is 0 Å². The van der Waals surface area contributed by atoms with E-state index < -0.39 is 0 Å². The minimum absolute atomic E-state index is 0.492. The van der Waals surface area contributed by atoms with Crippen molar-refractivity contribution < 1.29 is 0 Å². The summed E-state index contributed by atoms with van der Waals surface area (Å²) in [6.45, 7) is 3.94. The summed E-state index contributed by atoms with van der Waals surface area (Å²) < 4.78 is 4.39. The van der Waals surface area contributed by atoms with Gasteiger partial charge in [-0.3, -0.25) is 0 Å². The number of fused-ring (bicyclic) bond motifs is 6. The van der Waals surface area contributed by atoms with Gasteiger partial charge in [0.05, 0.1) is 56.7 Å². The second kappa shape index (κ2) is 13.5. The maximum atomic E-state index is 11.4. The van der Waals surface area contributed by atoms with Crippen LogP contribution in [0, 0.1) is 47.8 Å². The van der Waals surface area contributed by atoms with Gasteiger partial charge in [0.25, 0.3) is 0 Å². The SMILES string of the molecule is Cc1cc(C)nc(-c2cc(-n3c4ccccc4c4ccc(-c5ccc(C#N)cc5)cc43)c(C#N)c(-n3c4ccccc4c4ccc(-c5ccc(C#N)cc5)cc43)c2)n1. The van der Waals surface area contributed by atoms with E-state index in [1.54, 1.807) is 0 Å². The van der Waals surface area contributed by atoms with Crippen molar-refractivity contribution in [2.24, 2.45) is 0 Å². The molecule has 7 aromatic carbocycles. The van der Waals surface area contributed by atoms with Gasteiger partial charge in [0.2, 0.25) is 0 Å². The zero-order chi connectivity index (χ0) is 39.5. The quantitative estimate of drug-likeness (QED) is 0.174. The fourth-order valence-corrected chi connectivity index (χ4v) is 8.36. The van der Waals surface area contributed by atoms with Crippen molar-refractivity contribution in [2.45, 2.75) is 13.8 Å². The van der Waals surface area contributed by atoms with Crippen LogP contribution in [0.3, 0.4) is 0 Å². The van der Waals surface area contributed by atoms with Gasteiger partial charge < -0.3 is 9.13 Å². The molecule has 0 saturated heterocycles. The molecule has 3 heterocycles. The molecule has 10 aromatic rings. The van der Waals surface area contributed by atoms with E-state index in [-0.39, 0.29) is 0 Å². The Morgan fingerprint density at radius 2 is 0.810 bits per heavy atom. The lowest BCUT2D eigenvalue weighted by Crippen LogP contribution is -2.06. The van der Waals surface area contributed by atoms with E-state index in [9.17, 15) is 15.8 Å². The van der Waals surface area contributed by atoms with Gasteiger partial charge in [-0.1, -0.05) is 84.9 Å². The number of hydrogen-bond donors (Lipinski definition) is 0. The molecule has 0 amide bonds. The number of hydrogen-bond acceptors (Lipinski definition) is 5. The number of aromatic nitrogens is 4. The number of benzene rings is 7. The summed E-state index contributed by atoms with van der Waals surface area (Å²) in [5, 5.41) is 34.6. The third-order valence-electron chi connectivity index (χ3n) is 11.0. The highest BCUT2D eigenvalue weighted by Crippen LogP contribution is 2.41. The molecule has 0 saturated carbocycles. The highest BCUT2D eigenvalue weighted by molar-refractivity contribution is 6.12. The fourth-order valence-electron chi connectivity index (χ4n) is 8.36. The number of rotatable bonds is 5. The van der Waals surface area contributed by atoms with Crippen molar-refractivity contribution in [3.8, 4) is 63.2 Å². The van der Waals surface area contributed by atoms with E-state index in [0.717, 1.165) is 82.8 Å². The first-order chi connectivity index (χ1) is 28.4. The monoisotopic (exact) mass is 741 g/mol. The van der Waals surface area contributed by atoms with Crippen molar-refractivity contribution in [3.63, 3.8) is 0 Å². The third-order valence-corrected chi connectivity index (χ3v) is 11.0. The average Bonchev–Trinajstić information content (AvgIpc) is 3.77. The Morgan fingerprint density at radius 3 is 1.24 bits per heavy atom. The van der Waals surface area contributed by atoms with E-state index >= 15 is 0 Å². The van der Waals surface area contributed by atoms with E-state index in [2.05, 4.69) is 88.0 Å². The van der Waals surface area contributed by atoms with E-state index in [1.807, 2.05) is 105 Å². The summed E-state index contributed by atoms with van der Waals surface area (Å²) in [6.07, 6.45) is 0. The maximum absolute atomic E-state index is 11.4. The zero-order valence-electron chi connectivity index (χ0n) is 31.6. The summed E-state index contributed by atoms with van der Waals surface area (Å²) in [6, 6.07) is 57.8. The van der Waals surface area contributed by atoms with Gasteiger partial charge in [-0.2, -0.15) is 15.8 Å². The first kappa shape index (κ1) is 34.2. The van der Waals surface area contributed by atoms with Gasteiger partial charge >= 0.3 is 0 Å². The molecule has 7 heteroatoms. The first-order valence-electron chi connectivity index (χ1n) is 18.9. The predicted octanol–water partition coefficient (Wildman–Crippen LogP) is 11.9. The van der Waals surface area contributed by atoms with Crippen LogP contribution in [0.5, 0.6) is 0 Å². The van der Waals surface area contributed by atoms with Gasteiger partial charge in [0, 0.05) is 38.5 Å². The summed E-state index contributed by atoms with van der Waals surface area (Å²) in [4.78, 5) is 9.86. The van der Waals surface area contributed by atoms with Crippen molar-refractivity contribution in [1.82, 2.24) is 19.1 Å². The molecule has 0 bridgehead atoms. The molecule has 0 fully saturated rings. The minimum atomic E-state index is 0.492. The van der Waals surface area contributed by atoms with Gasteiger partial charge in [-0.15, -0.1) is 0 Å². The minimum Gasteiger partial charge on any atom is -0.308 e. The van der Waals surface area contributed by atoms with Crippen LogP contribution in [0.4, 0.5) is 0 Å². The summed E-state index contributed by atoms with van der Waals surface area (Å²) in [5.41, 5.74) is 13.3. The molecule has 0 aliphatic heterocycles. The lowest BCUT2D eigenvalue weighted by molar-refractivity contribution is 1.05. The average molecular weight is 742 g/mol. The summed E-state index contributed by atoms with van der Waals surface area (Å²) >= 11 is 0. The molecule has 0 N–H and O–H groups in total. The molecule has 0 radical (unpaired) electrons. The predicted molar refractivity (Wildman–Crippen MR) is 231 cm³/mol. The molecule has 0 aliphatic rings. The lowest BCUT2D eigenvalue weighted by Gasteiger charge is -2.18. The van der Waals surface area contributed by atoms with Crippen LogP contribution >= 0.6 is 0 Å². The molecule has 3 aromatic heterocycles. The van der Waals surface area contributed by atoms with Crippen molar-refractivity contribution >= 4 is 43.6 Å². The Kier molecular flexibility index (Phi) is 7.94. The second-order valence-electron chi connectivity index (χ2n) is 14.5. The molecule has 7 nitrogen and oxygen atoms in total. The summed E-state index contributed by atoms with van der Waals surface area (Å²) in [7, 11) is 0. The smallest absolute Gasteiger partial charge is 0.159 e. The molecular weight excluding hydrogens is 711 g/mol. The van der Waals surface area contributed by atoms with Gasteiger partial charge in [0.1, 0.15) is 11.6 Å². The Bertz CT molecular complexity index is 3220. The highest BCUT2D eigenvalue weighted by Gasteiger charge is 2.24. The molecule has 58 heavy (non-hydrogen) atoms. The van der Waals surface area contributed by atoms with Crippen molar-refractivity contribution in [1.29, 1.82) is 15.8 Å². The highest BCUT2D eigenvalue weighted by atomic mass is 15.0. The Labute approximate surface area is 334 Å². The van der Waals surface area contributed by atoms with Crippen LogP contribution in [0.1, 0.15) is 28.1 Å². The summed E-state index contributed by atoms with van der Waals surface area (Å²) in [5.74, 6) is 0.572. The van der Waals surface area contributed by atoms with E-state index in [0.29, 0.717) is 33.9 Å². The largest absolute Gasteiger partial charge is 0.308 e. The Hall–Kier alpha value is -8.31. The molecule has 0 aliphatic carbocycles. The second-order valence-corrected chi connectivity index (χ2v) is 14.5. The van der Waals surface area contributed by atoms with Crippen molar-refractivity contribution in [2.75, 3.05) is 0 Å². The number of aryl methyl sites for hydroxylation is 2. The van der Waals surface area contributed by atoms with E-state index in [1.165, 1.54) is 0 Å². The third kappa shape index (κ3) is 5.48.